The van der Waals surface area contributed by atoms with Crippen LogP contribution in [0, 0.1) is 0 Å². The summed E-state index contributed by atoms with van der Waals surface area (Å²) in [5.74, 6) is -1.23. The lowest BCUT2D eigenvalue weighted by Crippen LogP contribution is -2.23. The van der Waals surface area contributed by atoms with Gasteiger partial charge in [-0.3, -0.25) is 0 Å². The molecule has 0 bridgehead atoms. The number of carbonyl (C=O) groups is 1. The summed E-state index contributed by atoms with van der Waals surface area (Å²) in [5, 5.41) is 22.8. The van der Waals surface area contributed by atoms with Crippen LogP contribution in [-0.4, -0.2) is 37.7 Å². The number of carboxylic acids is 1. The third kappa shape index (κ3) is 5.88. The average molecular weight is 494 g/mol. The standard InChI is InChI=1S/C23H21Cl2NO5S/c24-17-3-1-2-16(12-17)22(27)14-26-11-10-15-4-6-18(7-5-15)32(30,31)19-8-9-20(23(28)29)21(25)13-19/h1-9,12-13,22,26-27H,10-11,14H2,(H,28,29)/t22-/m1/s1. The van der Waals surface area contributed by atoms with E-state index in [-0.39, 0.29) is 20.4 Å². The monoisotopic (exact) mass is 493 g/mol. The number of hydrogen-bond donors (Lipinski definition) is 3. The third-order valence-electron chi connectivity index (χ3n) is 4.88. The van der Waals surface area contributed by atoms with Crippen LogP contribution < -0.4 is 5.32 Å². The summed E-state index contributed by atoms with van der Waals surface area (Å²) in [6.45, 7) is 0.954. The van der Waals surface area contributed by atoms with E-state index in [4.69, 9.17) is 28.3 Å². The van der Waals surface area contributed by atoms with Gasteiger partial charge in [0.2, 0.25) is 9.84 Å². The van der Waals surface area contributed by atoms with Crippen LogP contribution in [0.4, 0.5) is 0 Å². The van der Waals surface area contributed by atoms with Crippen molar-refractivity contribution in [3.63, 3.8) is 0 Å². The van der Waals surface area contributed by atoms with Crippen molar-refractivity contribution in [1.82, 2.24) is 5.32 Å². The van der Waals surface area contributed by atoms with Crippen molar-refractivity contribution >= 4 is 39.0 Å². The van der Waals surface area contributed by atoms with Crippen LogP contribution in [0.25, 0.3) is 0 Å². The Labute approximate surface area is 196 Å². The molecule has 0 saturated heterocycles. The zero-order chi connectivity index (χ0) is 23.3. The van der Waals surface area contributed by atoms with E-state index in [1.54, 1.807) is 36.4 Å². The Kier molecular flexibility index (Phi) is 7.92. The Morgan fingerprint density at radius 2 is 1.66 bits per heavy atom. The van der Waals surface area contributed by atoms with Crippen LogP contribution >= 0.6 is 23.2 Å². The van der Waals surface area contributed by atoms with E-state index >= 15 is 0 Å². The molecule has 0 aromatic heterocycles. The van der Waals surface area contributed by atoms with E-state index in [0.29, 0.717) is 24.5 Å². The number of aliphatic hydroxyl groups is 1. The minimum absolute atomic E-state index is 0.0723. The van der Waals surface area contributed by atoms with E-state index in [2.05, 4.69) is 5.32 Å². The molecule has 0 saturated carbocycles. The summed E-state index contributed by atoms with van der Waals surface area (Å²) < 4.78 is 25.6. The number of carboxylic acid groups (broad SMARTS) is 1. The lowest BCUT2D eigenvalue weighted by atomic mass is 10.1. The van der Waals surface area contributed by atoms with Crippen LogP contribution in [0.15, 0.2) is 76.5 Å². The third-order valence-corrected chi connectivity index (χ3v) is 7.19. The molecule has 3 N–H and O–H groups in total. The molecule has 32 heavy (non-hydrogen) atoms. The lowest BCUT2D eigenvalue weighted by Gasteiger charge is -2.13. The van der Waals surface area contributed by atoms with Gasteiger partial charge in [-0.15, -0.1) is 0 Å². The molecule has 0 unspecified atom stereocenters. The molecule has 0 aliphatic rings. The van der Waals surface area contributed by atoms with Gasteiger partial charge in [-0.1, -0.05) is 47.5 Å². The van der Waals surface area contributed by atoms with Crippen molar-refractivity contribution in [2.45, 2.75) is 22.3 Å². The molecule has 0 radical (unpaired) electrons. The van der Waals surface area contributed by atoms with Crippen molar-refractivity contribution in [3.8, 4) is 0 Å². The van der Waals surface area contributed by atoms with Crippen molar-refractivity contribution in [2.75, 3.05) is 13.1 Å². The minimum Gasteiger partial charge on any atom is -0.478 e. The maximum Gasteiger partial charge on any atom is 0.337 e. The normalized spacial score (nSPS) is 12.5. The molecular weight excluding hydrogens is 473 g/mol. The molecule has 0 amide bonds. The predicted octanol–water partition coefficient (Wildman–Crippen LogP) is 4.39. The van der Waals surface area contributed by atoms with Gasteiger partial charge in [-0.05, 0) is 66.6 Å². The topological polar surface area (TPSA) is 104 Å². The molecule has 3 aromatic carbocycles. The molecule has 9 heteroatoms. The zero-order valence-electron chi connectivity index (χ0n) is 16.8. The lowest BCUT2D eigenvalue weighted by molar-refractivity contribution is 0.0697. The van der Waals surface area contributed by atoms with Gasteiger partial charge in [-0.25, -0.2) is 13.2 Å². The molecule has 168 valence electrons. The summed E-state index contributed by atoms with van der Waals surface area (Å²) in [5.41, 5.74) is 1.50. The first-order valence-electron chi connectivity index (χ1n) is 9.69. The largest absolute Gasteiger partial charge is 0.478 e. The molecule has 0 spiro atoms. The molecule has 0 aliphatic heterocycles. The molecular formula is C23H21Cl2NO5S. The zero-order valence-corrected chi connectivity index (χ0v) is 19.2. The van der Waals surface area contributed by atoms with Gasteiger partial charge < -0.3 is 15.5 Å². The highest BCUT2D eigenvalue weighted by Crippen LogP contribution is 2.26. The van der Waals surface area contributed by atoms with Crippen molar-refractivity contribution in [1.29, 1.82) is 0 Å². The molecule has 3 aromatic rings. The quantitative estimate of drug-likeness (QED) is 0.382. The Bertz CT molecular complexity index is 1210. The van der Waals surface area contributed by atoms with Crippen molar-refractivity contribution in [3.05, 3.63) is 93.5 Å². The van der Waals surface area contributed by atoms with E-state index < -0.39 is 21.9 Å². The van der Waals surface area contributed by atoms with E-state index in [1.807, 2.05) is 0 Å². The summed E-state index contributed by atoms with van der Waals surface area (Å²) in [7, 11) is -3.83. The highest BCUT2D eigenvalue weighted by molar-refractivity contribution is 7.91. The van der Waals surface area contributed by atoms with Gasteiger partial charge >= 0.3 is 5.97 Å². The second kappa shape index (κ2) is 10.5. The average Bonchev–Trinajstić information content (AvgIpc) is 2.76. The second-order valence-corrected chi connectivity index (χ2v) is 9.91. The van der Waals surface area contributed by atoms with E-state index in [0.717, 1.165) is 17.2 Å². The SMILES string of the molecule is O=C(O)c1ccc(S(=O)(=O)c2ccc(CCNC[C@@H](O)c3cccc(Cl)c3)cc2)cc1Cl. The number of nitrogens with one attached hydrogen (secondary N) is 1. The maximum atomic E-state index is 12.8. The first kappa shape index (κ1) is 24.2. The smallest absolute Gasteiger partial charge is 0.337 e. The molecule has 0 aliphatic carbocycles. The fourth-order valence-electron chi connectivity index (χ4n) is 3.11. The van der Waals surface area contributed by atoms with Gasteiger partial charge in [-0.2, -0.15) is 0 Å². The predicted molar refractivity (Wildman–Crippen MR) is 123 cm³/mol. The Morgan fingerprint density at radius 1 is 0.969 bits per heavy atom. The van der Waals surface area contributed by atoms with Gasteiger partial charge in [0.1, 0.15) is 0 Å². The van der Waals surface area contributed by atoms with Crippen LogP contribution in [0.5, 0.6) is 0 Å². The van der Waals surface area contributed by atoms with Crippen LogP contribution in [0.3, 0.4) is 0 Å². The summed E-state index contributed by atoms with van der Waals surface area (Å²) >= 11 is 11.8. The van der Waals surface area contributed by atoms with Crippen LogP contribution in [0.1, 0.15) is 27.6 Å². The minimum atomic E-state index is -3.83. The first-order chi connectivity index (χ1) is 15.2. The van der Waals surface area contributed by atoms with E-state index in [9.17, 15) is 18.3 Å². The summed E-state index contributed by atoms with van der Waals surface area (Å²) in [4.78, 5) is 11.1. The number of aromatic carboxylic acids is 1. The maximum absolute atomic E-state index is 12.8. The van der Waals surface area contributed by atoms with Crippen LogP contribution in [-0.2, 0) is 16.3 Å². The number of benzene rings is 3. The summed E-state index contributed by atoms with van der Waals surface area (Å²) in [6.07, 6.45) is -0.0394. The van der Waals surface area contributed by atoms with Crippen LogP contribution in [0.2, 0.25) is 10.0 Å². The number of sulfone groups is 1. The number of halogens is 2. The molecule has 3 rings (SSSR count). The van der Waals surface area contributed by atoms with Gasteiger partial charge in [0.25, 0.3) is 0 Å². The first-order valence-corrected chi connectivity index (χ1v) is 11.9. The van der Waals surface area contributed by atoms with Gasteiger partial charge in [0.05, 0.1) is 26.5 Å². The van der Waals surface area contributed by atoms with Gasteiger partial charge in [0.15, 0.2) is 0 Å². The number of hydrogen-bond acceptors (Lipinski definition) is 5. The highest BCUT2D eigenvalue weighted by Gasteiger charge is 2.20. The Hall–Kier alpha value is -2.42. The number of aliphatic hydroxyl groups excluding tert-OH is 1. The van der Waals surface area contributed by atoms with E-state index in [1.165, 1.54) is 24.3 Å². The highest BCUT2D eigenvalue weighted by atomic mass is 35.5. The Morgan fingerprint density at radius 3 is 2.28 bits per heavy atom. The molecule has 6 nitrogen and oxygen atoms in total. The van der Waals surface area contributed by atoms with Gasteiger partial charge in [0, 0.05) is 11.6 Å². The fraction of sp³-hybridized carbons (Fsp3) is 0.174. The second-order valence-electron chi connectivity index (χ2n) is 7.12. The fourth-order valence-corrected chi connectivity index (χ4v) is 4.92. The molecule has 1 atom stereocenters. The summed E-state index contributed by atoms with van der Waals surface area (Å²) in [6, 6.07) is 17.0. The van der Waals surface area contributed by atoms with Crippen molar-refractivity contribution in [2.24, 2.45) is 0 Å². The number of rotatable bonds is 9. The molecule has 0 fully saturated rings. The molecule has 0 heterocycles. The Balaban J connectivity index is 1.58. The van der Waals surface area contributed by atoms with Crippen molar-refractivity contribution < 1.29 is 23.4 Å².